The molecule has 0 aliphatic heterocycles. The summed E-state index contributed by atoms with van der Waals surface area (Å²) in [5.41, 5.74) is 4.36. The van der Waals surface area contributed by atoms with Crippen LogP contribution in [0.3, 0.4) is 0 Å². The predicted octanol–water partition coefficient (Wildman–Crippen LogP) is 6.23. The van der Waals surface area contributed by atoms with Gasteiger partial charge in [0.2, 0.25) is 0 Å². The van der Waals surface area contributed by atoms with E-state index in [1.165, 1.54) is 24.3 Å². The minimum atomic E-state index is -0.277. The summed E-state index contributed by atoms with van der Waals surface area (Å²) >= 11 is 0. The van der Waals surface area contributed by atoms with Crippen molar-refractivity contribution in [3.8, 4) is 23.7 Å². The third kappa shape index (κ3) is 4.18. The van der Waals surface area contributed by atoms with Crippen molar-refractivity contribution >= 4 is 10.8 Å². The van der Waals surface area contributed by atoms with Crippen LogP contribution in [0, 0.1) is 42.2 Å². The first-order chi connectivity index (χ1) is 14.1. The minimum Gasteiger partial charge on any atom is -0.207 e. The van der Waals surface area contributed by atoms with Crippen LogP contribution in [-0.4, -0.2) is 0 Å². The lowest BCUT2D eigenvalue weighted by molar-refractivity contribution is 0.627. The van der Waals surface area contributed by atoms with Crippen molar-refractivity contribution in [2.75, 3.05) is 0 Å². The number of fused-ring (bicyclic) bond motifs is 1. The van der Waals surface area contributed by atoms with Crippen LogP contribution >= 0.6 is 0 Å². The van der Waals surface area contributed by atoms with E-state index in [4.69, 9.17) is 0 Å². The molecule has 0 nitrogen and oxygen atoms in total. The first-order valence-corrected chi connectivity index (χ1v) is 9.18. The molecule has 0 N–H and O–H groups in total. The van der Waals surface area contributed by atoms with Crippen LogP contribution in [0.2, 0.25) is 0 Å². The van der Waals surface area contributed by atoms with Crippen molar-refractivity contribution in [1.29, 1.82) is 0 Å². The average molecular weight is 378 g/mol. The quantitative estimate of drug-likeness (QED) is 0.318. The fraction of sp³-hybridized carbons (Fsp3) is 0.0370. The van der Waals surface area contributed by atoms with Gasteiger partial charge in [0.1, 0.15) is 11.6 Å². The standard InChI is InChI=1S/C27H16F2/c1-19-18-22(12-6-20-7-13-23(28)14-8-20)26-4-2-3-5-27(26)25(19)17-11-21-9-15-24(29)16-10-21/h2-5,7-10,13-16,18H,1H3. The highest BCUT2D eigenvalue weighted by Gasteiger charge is 2.07. The van der Waals surface area contributed by atoms with Crippen molar-refractivity contribution in [2.45, 2.75) is 6.92 Å². The summed E-state index contributed by atoms with van der Waals surface area (Å²) in [4.78, 5) is 0. The number of benzene rings is 4. The Kier molecular flexibility index (Phi) is 5.10. The SMILES string of the molecule is Cc1cc(C#Cc2ccc(F)cc2)c2ccccc2c1C#Cc1ccc(F)cc1. The Morgan fingerprint density at radius 2 is 1.10 bits per heavy atom. The van der Waals surface area contributed by atoms with Gasteiger partial charge >= 0.3 is 0 Å². The van der Waals surface area contributed by atoms with E-state index in [0.717, 1.165) is 38.6 Å². The molecule has 0 aromatic heterocycles. The van der Waals surface area contributed by atoms with Crippen LogP contribution < -0.4 is 0 Å². The van der Waals surface area contributed by atoms with Crippen LogP contribution in [0.15, 0.2) is 78.9 Å². The van der Waals surface area contributed by atoms with E-state index in [1.807, 2.05) is 37.3 Å². The average Bonchev–Trinajstić information content (AvgIpc) is 2.74. The summed E-state index contributed by atoms with van der Waals surface area (Å²) in [6.07, 6.45) is 0. The summed E-state index contributed by atoms with van der Waals surface area (Å²) in [5, 5.41) is 2.03. The van der Waals surface area contributed by atoms with Crippen LogP contribution in [-0.2, 0) is 0 Å². The maximum absolute atomic E-state index is 13.1. The highest BCUT2D eigenvalue weighted by Crippen LogP contribution is 2.25. The Hall–Kier alpha value is -3.88. The van der Waals surface area contributed by atoms with E-state index in [0.29, 0.717) is 0 Å². The van der Waals surface area contributed by atoms with E-state index in [2.05, 4.69) is 23.7 Å². The smallest absolute Gasteiger partial charge is 0.123 e. The molecule has 0 radical (unpaired) electrons. The van der Waals surface area contributed by atoms with Crippen molar-refractivity contribution < 1.29 is 8.78 Å². The van der Waals surface area contributed by atoms with E-state index in [1.54, 1.807) is 24.3 Å². The topological polar surface area (TPSA) is 0 Å². The highest BCUT2D eigenvalue weighted by molar-refractivity contribution is 5.94. The summed E-state index contributed by atoms with van der Waals surface area (Å²) in [6.45, 7) is 2.00. The molecule has 4 aromatic carbocycles. The monoisotopic (exact) mass is 378 g/mol. The fourth-order valence-corrected chi connectivity index (χ4v) is 3.12. The first kappa shape index (κ1) is 18.5. The Morgan fingerprint density at radius 1 is 0.586 bits per heavy atom. The molecular formula is C27H16F2. The van der Waals surface area contributed by atoms with Gasteiger partial charge in [0.05, 0.1) is 0 Å². The zero-order chi connectivity index (χ0) is 20.2. The molecule has 0 unspecified atom stereocenters. The molecule has 0 fully saturated rings. The molecule has 2 heteroatoms. The summed E-state index contributed by atoms with van der Waals surface area (Å²) in [5.74, 6) is 12.1. The number of hydrogen-bond acceptors (Lipinski definition) is 0. The first-order valence-electron chi connectivity index (χ1n) is 9.18. The molecular weight excluding hydrogens is 362 g/mol. The number of aryl methyl sites for hydroxylation is 1. The van der Waals surface area contributed by atoms with Crippen LogP contribution in [0.25, 0.3) is 10.8 Å². The Morgan fingerprint density at radius 3 is 1.69 bits per heavy atom. The molecule has 0 saturated carbocycles. The summed E-state index contributed by atoms with van der Waals surface area (Å²) < 4.78 is 26.2. The second kappa shape index (κ2) is 8.01. The highest BCUT2D eigenvalue weighted by atomic mass is 19.1. The van der Waals surface area contributed by atoms with Crippen LogP contribution in [0.1, 0.15) is 27.8 Å². The molecule has 0 bridgehead atoms. The molecule has 29 heavy (non-hydrogen) atoms. The van der Waals surface area contributed by atoms with Gasteiger partial charge in [-0.05, 0) is 77.9 Å². The van der Waals surface area contributed by atoms with E-state index in [9.17, 15) is 8.78 Å². The van der Waals surface area contributed by atoms with Crippen molar-refractivity contribution in [1.82, 2.24) is 0 Å². The van der Waals surface area contributed by atoms with Gasteiger partial charge in [0.25, 0.3) is 0 Å². The largest absolute Gasteiger partial charge is 0.207 e. The van der Waals surface area contributed by atoms with E-state index in [-0.39, 0.29) is 11.6 Å². The van der Waals surface area contributed by atoms with Crippen molar-refractivity contribution in [3.63, 3.8) is 0 Å². The number of hydrogen-bond donors (Lipinski definition) is 0. The molecule has 138 valence electrons. The third-order valence-corrected chi connectivity index (χ3v) is 4.60. The lowest BCUT2D eigenvalue weighted by atomic mass is 9.95. The van der Waals surface area contributed by atoms with Crippen LogP contribution in [0.4, 0.5) is 8.78 Å². The van der Waals surface area contributed by atoms with Gasteiger partial charge in [0.15, 0.2) is 0 Å². The van der Waals surface area contributed by atoms with E-state index < -0.39 is 0 Å². The summed E-state index contributed by atoms with van der Waals surface area (Å²) in [6, 6.07) is 22.3. The Labute approximate surface area is 168 Å². The zero-order valence-electron chi connectivity index (χ0n) is 15.8. The zero-order valence-corrected chi connectivity index (χ0v) is 15.8. The van der Waals surface area contributed by atoms with Gasteiger partial charge in [-0.3, -0.25) is 0 Å². The molecule has 0 spiro atoms. The maximum atomic E-state index is 13.1. The second-order valence-electron chi connectivity index (χ2n) is 6.68. The summed E-state index contributed by atoms with van der Waals surface area (Å²) in [7, 11) is 0. The van der Waals surface area contributed by atoms with Gasteiger partial charge in [-0.25, -0.2) is 8.78 Å². The molecule has 0 heterocycles. The minimum absolute atomic E-state index is 0.277. The molecule has 0 atom stereocenters. The molecule has 4 aromatic rings. The molecule has 4 rings (SSSR count). The van der Waals surface area contributed by atoms with Gasteiger partial charge in [-0.15, -0.1) is 0 Å². The van der Waals surface area contributed by atoms with Crippen LogP contribution in [0.5, 0.6) is 0 Å². The van der Waals surface area contributed by atoms with E-state index >= 15 is 0 Å². The maximum Gasteiger partial charge on any atom is 0.123 e. The molecule has 0 aliphatic carbocycles. The normalized spacial score (nSPS) is 10.0. The third-order valence-electron chi connectivity index (χ3n) is 4.60. The molecule has 0 amide bonds. The second-order valence-corrected chi connectivity index (χ2v) is 6.68. The van der Waals surface area contributed by atoms with Gasteiger partial charge in [0, 0.05) is 22.3 Å². The number of rotatable bonds is 0. The lowest BCUT2D eigenvalue weighted by Gasteiger charge is -2.07. The predicted molar refractivity (Wildman–Crippen MR) is 113 cm³/mol. The molecule has 0 saturated heterocycles. The van der Waals surface area contributed by atoms with Gasteiger partial charge in [-0.2, -0.15) is 0 Å². The van der Waals surface area contributed by atoms with Crippen molar-refractivity contribution in [2.24, 2.45) is 0 Å². The fourth-order valence-electron chi connectivity index (χ4n) is 3.12. The van der Waals surface area contributed by atoms with Gasteiger partial charge in [-0.1, -0.05) is 47.9 Å². The Bertz CT molecular complexity index is 1310. The number of halogens is 2. The van der Waals surface area contributed by atoms with Gasteiger partial charge < -0.3 is 0 Å². The van der Waals surface area contributed by atoms with Crippen molar-refractivity contribution in [3.05, 3.63) is 118 Å². The Balaban J connectivity index is 1.80. The molecule has 0 aliphatic rings. The lowest BCUT2D eigenvalue weighted by Crippen LogP contribution is -1.90.